The van der Waals surface area contributed by atoms with Gasteiger partial charge in [0.05, 0.1) is 11.6 Å². The summed E-state index contributed by atoms with van der Waals surface area (Å²) >= 11 is 0. The Balaban J connectivity index is 1.01. The molecule has 6 nitrogen and oxygen atoms in total. The first kappa shape index (κ1) is 20.9. The van der Waals surface area contributed by atoms with Gasteiger partial charge in [-0.05, 0) is 74.1 Å². The Labute approximate surface area is 192 Å². The van der Waals surface area contributed by atoms with Crippen LogP contribution in [0.5, 0.6) is 5.75 Å². The fraction of sp³-hybridized carbons (Fsp3) is 0.577. The number of carbonyl (C=O) groups excluding carboxylic acids is 2. The number of nitrogens with one attached hydrogen (secondary N) is 2. The number of benzene rings is 1. The van der Waals surface area contributed by atoms with Crippen molar-refractivity contribution in [1.29, 1.82) is 0 Å². The molecule has 5 atom stereocenters. The zero-order valence-electron chi connectivity index (χ0n) is 19.1. The minimum Gasteiger partial charge on any atom is -0.490 e. The summed E-state index contributed by atoms with van der Waals surface area (Å²) in [7, 11) is 0. The Bertz CT molecular complexity index is 1120. The zero-order chi connectivity index (χ0) is 23.0. The van der Waals surface area contributed by atoms with E-state index in [0.717, 1.165) is 37.6 Å². The molecule has 1 aromatic carbocycles. The van der Waals surface area contributed by atoms with Gasteiger partial charge in [0, 0.05) is 35.0 Å². The average molecular weight is 452 g/mol. The summed E-state index contributed by atoms with van der Waals surface area (Å²) in [5.74, 6) is 2.07. The number of pyridine rings is 1. The number of nitrogens with zero attached hydrogens (tertiary/aromatic N) is 1. The Morgan fingerprint density at radius 1 is 1.15 bits per heavy atom. The van der Waals surface area contributed by atoms with Crippen molar-refractivity contribution >= 4 is 22.7 Å². The van der Waals surface area contributed by atoms with Crippen LogP contribution in [0.3, 0.4) is 0 Å². The molecule has 5 saturated carbocycles. The molecule has 1 heterocycles. The van der Waals surface area contributed by atoms with E-state index in [1.165, 1.54) is 12.1 Å². The monoisotopic (exact) mass is 451 g/mol. The van der Waals surface area contributed by atoms with E-state index in [1.54, 1.807) is 18.3 Å². The zero-order valence-corrected chi connectivity index (χ0v) is 19.1. The highest BCUT2D eigenvalue weighted by Gasteiger charge is 2.69. The third-order valence-electron chi connectivity index (χ3n) is 8.56. The molecule has 2 bridgehead atoms. The second-order valence-electron chi connectivity index (χ2n) is 10.9. The van der Waals surface area contributed by atoms with Crippen molar-refractivity contribution in [3.63, 3.8) is 0 Å². The normalized spacial score (nSPS) is 36.2. The Morgan fingerprint density at radius 2 is 1.85 bits per heavy atom. The minimum atomic E-state index is -0.295. The number of aromatic nitrogens is 1. The van der Waals surface area contributed by atoms with Gasteiger partial charge in [-0.15, -0.1) is 0 Å². The van der Waals surface area contributed by atoms with Gasteiger partial charge in [0.15, 0.2) is 0 Å². The van der Waals surface area contributed by atoms with E-state index < -0.39 is 0 Å². The Kier molecular flexibility index (Phi) is 4.52. The number of halogens is 1. The molecule has 7 rings (SSSR count). The van der Waals surface area contributed by atoms with Gasteiger partial charge in [0.1, 0.15) is 11.6 Å². The van der Waals surface area contributed by atoms with E-state index in [0.29, 0.717) is 35.3 Å². The molecule has 2 aromatic rings. The standard InChI is InChI=1S/C26H30FN3O3/c1-3-22(31)29-25-11-26(12-25,13-25)30-24(32)14(2)23-17-9-16(10-18(17)23)33-21-6-7-28-20-5-4-15(27)8-19(20)21/h4-8,14,16-18,23H,3,9-13H2,1-2H3,(H,29,31)(H,30,32)/t14?,16?,17-,18+,23?,25?,26?. The lowest BCUT2D eigenvalue weighted by Crippen LogP contribution is -2.84. The highest BCUT2D eigenvalue weighted by Crippen LogP contribution is 2.63. The van der Waals surface area contributed by atoms with E-state index in [9.17, 15) is 14.0 Å². The van der Waals surface area contributed by atoms with Crippen molar-refractivity contribution in [3.8, 4) is 5.75 Å². The van der Waals surface area contributed by atoms with Crippen molar-refractivity contribution in [1.82, 2.24) is 15.6 Å². The molecule has 0 saturated heterocycles. The number of fused-ring (bicyclic) bond motifs is 2. The van der Waals surface area contributed by atoms with Crippen LogP contribution < -0.4 is 15.4 Å². The SMILES string of the molecule is CCC(=O)NC12CC(NC(=O)C(C)C3[C@H]4CC(Oc5ccnc6ccc(F)cc56)C[C@@H]34)(C1)C2. The maximum Gasteiger partial charge on any atom is 0.223 e. The number of ether oxygens (including phenoxy) is 1. The van der Waals surface area contributed by atoms with Crippen molar-refractivity contribution in [2.75, 3.05) is 0 Å². The molecule has 5 fully saturated rings. The first-order valence-electron chi connectivity index (χ1n) is 12.1. The van der Waals surface area contributed by atoms with Crippen LogP contribution in [0.4, 0.5) is 4.39 Å². The predicted molar refractivity (Wildman–Crippen MR) is 121 cm³/mol. The van der Waals surface area contributed by atoms with Crippen molar-refractivity contribution in [2.24, 2.45) is 23.7 Å². The lowest BCUT2D eigenvalue weighted by molar-refractivity contribution is -0.151. The van der Waals surface area contributed by atoms with Gasteiger partial charge in [-0.1, -0.05) is 13.8 Å². The van der Waals surface area contributed by atoms with Crippen LogP contribution in [0, 0.1) is 29.5 Å². The van der Waals surface area contributed by atoms with Crippen LogP contribution in [-0.4, -0.2) is 34.0 Å². The van der Waals surface area contributed by atoms with E-state index in [2.05, 4.69) is 15.6 Å². The fourth-order valence-corrected chi connectivity index (χ4v) is 7.04. The van der Waals surface area contributed by atoms with Crippen LogP contribution in [0.2, 0.25) is 0 Å². The third kappa shape index (κ3) is 3.39. The second kappa shape index (κ2) is 7.15. The molecule has 2 N–H and O–H groups in total. The summed E-state index contributed by atoms with van der Waals surface area (Å²) < 4.78 is 20.0. The molecule has 3 unspecified atom stereocenters. The molecule has 2 amide bonds. The quantitative estimate of drug-likeness (QED) is 0.672. The summed E-state index contributed by atoms with van der Waals surface area (Å²) in [4.78, 5) is 28.9. The van der Waals surface area contributed by atoms with Gasteiger partial charge in [-0.25, -0.2) is 4.39 Å². The number of carbonyl (C=O) groups is 2. The minimum absolute atomic E-state index is 0.00740. The summed E-state index contributed by atoms with van der Waals surface area (Å²) in [5, 5.41) is 7.11. The van der Waals surface area contributed by atoms with Gasteiger partial charge in [0.25, 0.3) is 0 Å². The largest absolute Gasteiger partial charge is 0.490 e. The molecule has 5 aliphatic rings. The van der Waals surface area contributed by atoms with Crippen LogP contribution in [0.15, 0.2) is 30.5 Å². The molecule has 0 aliphatic heterocycles. The number of hydrogen-bond donors (Lipinski definition) is 2. The highest BCUT2D eigenvalue weighted by atomic mass is 19.1. The molecule has 0 radical (unpaired) electrons. The third-order valence-corrected chi connectivity index (χ3v) is 8.56. The Morgan fingerprint density at radius 3 is 2.55 bits per heavy atom. The van der Waals surface area contributed by atoms with Gasteiger partial charge in [-0.2, -0.15) is 0 Å². The van der Waals surface area contributed by atoms with Gasteiger partial charge in [-0.3, -0.25) is 14.6 Å². The maximum atomic E-state index is 13.7. The molecular weight excluding hydrogens is 421 g/mol. The van der Waals surface area contributed by atoms with Crippen LogP contribution in [0.25, 0.3) is 10.9 Å². The highest BCUT2D eigenvalue weighted by molar-refractivity contribution is 5.85. The molecule has 5 aliphatic carbocycles. The Hall–Kier alpha value is -2.70. The second-order valence-corrected chi connectivity index (χ2v) is 10.9. The summed E-state index contributed by atoms with van der Waals surface area (Å²) in [6.45, 7) is 3.91. The fourth-order valence-electron chi connectivity index (χ4n) is 7.04. The summed E-state index contributed by atoms with van der Waals surface area (Å²) in [6, 6.07) is 6.37. The van der Waals surface area contributed by atoms with Crippen molar-refractivity contribution in [2.45, 2.75) is 69.6 Å². The molecule has 174 valence electrons. The van der Waals surface area contributed by atoms with Crippen LogP contribution in [0.1, 0.15) is 52.4 Å². The van der Waals surface area contributed by atoms with Gasteiger partial charge >= 0.3 is 0 Å². The lowest BCUT2D eigenvalue weighted by atomic mass is 9.44. The molecular formula is C26H30FN3O3. The topological polar surface area (TPSA) is 80.3 Å². The first-order chi connectivity index (χ1) is 15.8. The molecule has 0 spiro atoms. The van der Waals surface area contributed by atoms with Crippen LogP contribution in [-0.2, 0) is 9.59 Å². The van der Waals surface area contributed by atoms with E-state index in [-0.39, 0.29) is 40.7 Å². The van der Waals surface area contributed by atoms with Gasteiger partial charge in [0.2, 0.25) is 11.8 Å². The van der Waals surface area contributed by atoms with E-state index in [4.69, 9.17) is 4.74 Å². The molecule has 7 heteroatoms. The van der Waals surface area contributed by atoms with Crippen LogP contribution >= 0.6 is 0 Å². The van der Waals surface area contributed by atoms with E-state index in [1.807, 2.05) is 13.8 Å². The summed E-state index contributed by atoms with van der Waals surface area (Å²) in [6.07, 6.45) is 6.74. The van der Waals surface area contributed by atoms with Gasteiger partial charge < -0.3 is 15.4 Å². The van der Waals surface area contributed by atoms with E-state index >= 15 is 0 Å². The van der Waals surface area contributed by atoms with Crippen molar-refractivity contribution in [3.05, 3.63) is 36.3 Å². The average Bonchev–Trinajstić information content (AvgIpc) is 3.25. The number of hydrogen-bond acceptors (Lipinski definition) is 4. The number of amides is 2. The predicted octanol–water partition coefficient (Wildman–Crippen LogP) is 3.73. The smallest absolute Gasteiger partial charge is 0.223 e. The first-order valence-corrected chi connectivity index (χ1v) is 12.1. The summed E-state index contributed by atoms with van der Waals surface area (Å²) in [5.41, 5.74) is 0.564. The lowest BCUT2D eigenvalue weighted by Gasteiger charge is -2.70. The maximum absolute atomic E-state index is 13.7. The molecule has 33 heavy (non-hydrogen) atoms. The van der Waals surface area contributed by atoms with Crippen molar-refractivity contribution < 1.29 is 18.7 Å². The molecule has 1 aromatic heterocycles. The number of rotatable bonds is 7.